The van der Waals surface area contributed by atoms with Gasteiger partial charge in [0.2, 0.25) is 0 Å². The molecular formula is C6H3BCsF5O3. The Morgan fingerprint density at radius 2 is 1.00 bits per heavy atom. The first kappa shape index (κ1) is 19.2. The van der Waals surface area contributed by atoms with E-state index in [1.807, 2.05) is 0 Å². The topological polar surface area (TPSA) is 60.7 Å². The molecule has 1 rings (SSSR count). The summed E-state index contributed by atoms with van der Waals surface area (Å²) in [4.78, 5) is 0. The van der Waals surface area contributed by atoms with Crippen molar-refractivity contribution in [1.82, 2.24) is 0 Å². The van der Waals surface area contributed by atoms with Crippen LogP contribution in [-0.4, -0.2) is 22.4 Å². The summed E-state index contributed by atoms with van der Waals surface area (Å²) in [5.41, 5.74) is 0. The van der Waals surface area contributed by atoms with Gasteiger partial charge < -0.3 is 15.1 Å². The minimum Gasteiger partial charge on any atom is -0.402 e. The second-order valence-corrected chi connectivity index (χ2v) is 2.04. The maximum Gasteiger partial charge on any atom is 1.00 e. The number of rotatable bonds is 0. The van der Waals surface area contributed by atoms with Gasteiger partial charge in [-0.25, -0.2) is 13.2 Å². The number of hydrogen-bond acceptors (Lipinski definition) is 3. The Hall–Kier alpha value is 0.867. The van der Waals surface area contributed by atoms with Gasteiger partial charge in [-0.3, -0.25) is 8.78 Å². The summed E-state index contributed by atoms with van der Waals surface area (Å²) in [5, 5.41) is 21.5. The summed E-state index contributed by atoms with van der Waals surface area (Å²) < 4.78 is 59.9. The molecule has 3 nitrogen and oxygen atoms in total. The van der Waals surface area contributed by atoms with Crippen LogP contribution in [-0.2, 0) is 0 Å². The quantitative estimate of drug-likeness (QED) is 0.153. The van der Waals surface area contributed by atoms with E-state index in [4.69, 9.17) is 15.1 Å². The molecule has 0 saturated heterocycles. The fourth-order valence-electron chi connectivity index (χ4n) is 0.495. The van der Waals surface area contributed by atoms with Crippen molar-refractivity contribution in [3.05, 3.63) is 35.2 Å². The molecule has 16 heavy (non-hydrogen) atoms. The van der Waals surface area contributed by atoms with Gasteiger partial charge in [0.25, 0.3) is 0 Å². The Bertz CT molecular complexity index is 322. The number of halogens is 5. The third kappa shape index (κ3) is 6.57. The van der Waals surface area contributed by atoms with E-state index in [-0.39, 0.29) is 68.9 Å². The SMILES string of the molecule is Fc1[c-]c(F)c(F)c(F)c1F.OB(O)O.[Cs+]. The van der Waals surface area contributed by atoms with Gasteiger partial charge in [0.15, 0.2) is 0 Å². The van der Waals surface area contributed by atoms with E-state index in [2.05, 4.69) is 0 Å². The first-order valence-corrected chi connectivity index (χ1v) is 3.22. The molecule has 0 fully saturated rings. The average Bonchev–Trinajstić information content (AvgIpc) is 2.11. The van der Waals surface area contributed by atoms with E-state index < -0.39 is 36.4 Å². The Labute approximate surface area is 146 Å². The zero-order chi connectivity index (χ0) is 12.2. The van der Waals surface area contributed by atoms with E-state index in [1.54, 1.807) is 0 Å². The zero-order valence-electron chi connectivity index (χ0n) is 7.81. The van der Waals surface area contributed by atoms with Gasteiger partial charge in [-0.1, -0.05) is 0 Å². The minimum atomic E-state index is -2.17. The molecule has 0 amide bonds. The summed E-state index contributed by atoms with van der Waals surface area (Å²) in [6.07, 6.45) is 0. The van der Waals surface area contributed by atoms with Crippen molar-refractivity contribution in [2.75, 3.05) is 0 Å². The van der Waals surface area contributed by atoms with E-state index in [0.717, 1.165) is 6.07 Å². The fourth-order valence-corrected chi connectivity index (χ4v) is 0.495. The summed E-state index contributed by atoms with van der Waals surface area (Å²) in [5.74, 6) is -10.0. The summed E-state index contributed by atoms with van der Waals surface area (Å²) >= 11 is 0. The van der Waals surface area contributed by atoms with Crippen molar-refractivity contribution in [2.45, 2.75) is 0 Å². The molecule has 0 heterocycles. The summed E-state index contributed by atoms with van der Waals surface area (Å²) in [7, 11) is -2.17. The van der Waals surface area contributed by atoms with Crippen LogP contribution in [0.2, 0.25) is 0 Å². The fraction of sp³-hybridized carbons (Fsp3) is 0. The molecule has 0 bridgehead atoms. The molecule has 0 aliphatic carbocycles. The molecule has 0 radical (unpaired) electrons. The molecular weight excluding hydrogens is 359 g/mol. The van der Waals surface area contributed by atoms with Gasteiger partial charge >= 0.3 is 76.2 Å². The molecule has 0 aliphatic rings. The monoisotopic (exact) mass is 362 g/mol. The Balaban J connectivity index is 0. The van der Waals surface area contributed by atoms with Crippen LogP contribution in [0.25, 0.3) is 0 Å². The van der Waals surface area contributed by atoms with Crippen molar-refractivity contribution in [3.63, 3.8) is 0 Å². The van der Waals surface area contributed by atoms with Gasteiger partial charge in [-0.15, -0.1) is 6.07 Å². The molecule has 3 N–H and O–H groups in total. The molecule has 0 aromatic heterocycles. The van der Waals surface area contributed by atoms with E-state index in [9.17, 15) is 22.0 Å². The Kier molecular flexibility index (Phi) is 10.7. The van der Waals surface area contributed by atoms with Crippen LogP contribution in [0.1, 0.15) is 0 Å². The van der Waals surface area contributed by atoms with Crippen molar-refractivity contribution in [2.24, 2.45) is 0 Å². The number of benzene rings is 1. The summed E-state index contributed by atoms with van der Waals surface area (Å²) in [6.45, 7) is 0. The minimum absolute atomic E-state index is 0. The first-order chi connectivity index (χ1) is 6.77. The van der Waals surface area contributed by atoms with Crippen molar-refractivity contribution in [3.8, 4) is 0 Å². The Morgan fingerprint density at radius 3 is 1.25 bits per heavy atom. The van der Waals surface area contributed by atoms with Crippen LogP contribution >= 0.6 is 0 Å². The van der Waals surface area contributed by atoms with Crippen molar-refractivity contribution >= 4 is 7.32 Å². The third-order valence-electron chi connectivity index (χ3n) is 0.990. The molecule has 84 valence electrons. The first-order valence-electron chi connectivity index (χ1n) is 3.22. The third-order valence-corrected chi connectivity index (χ3v) is 0.990. The smallest absolute Gasteiger partial charge is 0.402 e. The Morgan fingerprint density at radius 1 is 0.750 bits per heavy atom. The van der Waals surface area contributed by atoms with E-state index >= 15 is 0 Å². The van der Waals surface area contributed by atoms with E-state index in [1.165, 1.54) is 0 Å². The van der Waals surface area contributed by atoms with Crippen LogP contribution in [0, 0.1) is 35.2 Å². The average molecular weight is 362 g/mol. The van der Waals surface area contributed by atoms with Gasteiger partial charge in [-0.05, 0) is 0 Å². The zero-order valence-corrected chi connectivity index (χ0v) is 14.1. The summed E-state index contributed by atoms with van der Waals surface area (Å²) in [6, 6.07) is 1.02. The molecule has 1 aromatic rings. The molecule has 0 atom stereocenters. The maximum atomic E-state index is 12.0. The van der Waals surface area contributed by atoms with Crippen LogP contribution in [0.4, 0.5) is 22.0 Å². The van der Waals surface area contributed by atoms with Gasteiger partial charge in [-0.2, -0.15) is 0 Å². The van der Waals surface area contributed by atoms with Crippen molar-refractivity contribution < 1.29 is 106 Å². The standard InChI is InChI=1S/C6F5.BH3O3.Cs/c7-2-1-3(8)5(10)6(11)4(2)9;2-1(3)4;/h;2-4H;/q-1;;+1. The largest absolute Gasteiger partial charge is 1.00 e. The van der Waals surface area contributed by atoms with Crippen molar-refractivity contribution in [1.29, 1.82) is 0 Å². The van der Waals surface area contributed by atoms with Crippen LogP contribution in [0.5, 0.6) is 0 Å². The molecule has 0 saturated carbocycles. The molecule has 0 aliphatic heterocycles. The van der Waals surface area contributed by atoms with E-state index in [0.29, 0.717) is 0 Å². The maximum absolute atomic E-state index is 12.0. The second-order valence-electron chi connectivity index (χ2n) is 2.04. The number of hydrogen-bond donors (Lipinski definition) is 3. The second kappa shape index (κ2) is 8.89. The normalized spacial score (nSPS) is 8.75. The predicted molar refractivity (Wildman–Crippen MR) is 37.5 cm³/mol. The van der Waals surface area contributed by atoms with Crippen LogP contribution in [0.15, 0.2) is 0 Å². The molecule has 0 unspecified atom stereocenters. The van der Waals surface area contributed by atoms with Crippen LogP contribution in [0.3, 0.4) is 0 Å². The van der Waals surface area contributed by atoms with Crippen LogP contribution < -0.4 is 68.9 Å². The van der Waals surface area contributed by atoms with Gasteiger partial charge in [0.1, 0.15) is 0 Å². The van der Waals surface area contributed by atoms with Gasteiger partial charge in [0, 0.05) is 0 Å². The predicted octanol–water partition coefficient (Wildman–Crippen LogP) is -2.87. The van der Waals surface area contributed by atoms with Gasteiger partial charge in [0.05, 0.1) is 29.1 Å². The molecule has 10 heteroatoms. The molecule has 1 aromatic carbocycles. The molecule has 0 spiro atoms.